The van der Waals surface area contributed by atoms with Gasteiger partial charge >= 0.3 is 6.03 Å². The number of carbonyl (C=O) groups excluding carboxylic acids is 3. The monoisotopic (exact) mass is 434 g/mol. The van der Waals surface area contributed by atoms with Gasteiger partial charge in [0.25, 0.3) is 11.8 Å². The molecule has 4 amide bonds. The number of anilines is 1. The minimum absolute atomic E-state index is 0.00952. The first-order valence-electron chi connectivity index (χ1n) is 8.55. The number of rotatable bonds is 4. The lowest BCUT2D eigenvalue weighted by Gasteiger charge is -2.26. The Kier molecular flexibility index (Phi) is 5.81. The van der Waals surface area contributed by atoms with Gasteiger partial charge in [0, 0.05) is 5.02 Å². The van der Waals surface area contributed by atoms with Crippen LogP contribution >= 0.6 is 23.2 Å². The average Bonchev–Trinajstić information content (AvgIpc) is 2.65. The van der Waals surface area contributed by atoms with Crippen LogP contribution in [0.3, 0.4) is 0 Å². The van der Waals surface area contributed by atoms with Gasteiger partial charge in [0.1, 0.15) is 5.57 Å². The molecule has 7 nitrogen and oxygen atoms in total. The number of halogens is 2. The zero-order valence-electron chi connectivity index (χ0n) is 15.5. The van der Waals surface area contributed by atoms with Crippen LogP contribution in [-0.2, 0) is 9.59 Å². The summed E-state index contributed by atoms with van der Waals surface area (Å²) in [6, 6.07) is 6.60. The molecule has 0 spiro atoms. The zero-order chi connectivity index (χ0) is 21.3. The van der Waals surface area contributed by atoms with Crippen molar-refractivity contribution < 1.29 is 24.2 Å². The minimum atomic E-state index is -0.879. The predicted octanol–water partition coefficient (Wildman–Crippen LogP) is 4.07. The Morgan fingerprint density at radius 1 is 1.14 bits per heavy atom. The molecule has 0 aromatic heterocycles. The van der Waals surface area contributed by atoms with Crippen LogP contribution in [0.15, 0.2) is 35.9 Å². The molecule has 3 rings (SSSR count). The zero-order valence-corrected chi connectivity index (χ0v) is 17.0. The van der Waals surface area contributed by atoms with E-state index in [1.807, 2.05) is 0 Å². The maximum Gasteiger partial charge on any atom is 0.335 e. The number of carbonyl (C=O) groups is 3. The summed E-state index contributed by atoms with van der Waals surface area (Å²) in [5, 5.41) is 12.4. The van der Waals surface area contributed by atoms with Crippen LogP contribution in [0.2, 0.25) is 10.0 Å². The van der Waals surface area contributed by atoms with E-state index in [-0.39, 0.29) is 34.4 Å². The van der Waals surface area contributed by atoms with Crippen LogP contribution < -0.4 is 15.0 Å². The number of aryl methyl sites for hydroxylation is 1. The van der Waals surface area contributed by atoms with E-state index in [1.165, 1.54) is 24.3 Å². The molecule has 1 heterocycles. The van der Waals surface area contributed by atoms with Crippen molar-refractivity contribution in [2.75, 3.05) is 11.5 Å². The normalized spacial score (nSPS) is 15.7. The molecule has 0 bridgehead atoms. The number of amides is 4. The lowest BCUT2D eigenvalue weighted by Crippen LogP contribution is -2.54. The van der Waals surface area contributed by atoms with E-state index in [0.717, 1.165) is 10.5 Å². The van der Waals surface area contributed by atoms with Crippen molar-refractivity contribution in [1.82, 2.24) is 5.32 Å². The van der Waals surface area contributed by atoms with Crippen molar-refractivity contribution in [3.63, 3.8) is 0 Å². The number of aromatic hydroxyl groups is 1. The molecule has 2 N–H and O–H groups in total. The highest BCUT2D eigenvalue weighted by Crippen LogP contribution is 2.36. The van der Waals surface area contributed by atoms with Crippen LogP contribution in [0.1, 0.15) is 18.1 Å². The molecule has 2 aromatic carbocycles. The number of phenolic OH excluding ortho intramolecular Hbond substituents is 1. The van der Waals surface area contributed by atoms with Crippen molar-refractivity contribution in [1.29, 1.82) is 0 Å². The second-order valence-corrected chi connectivity index (χ2v) is 6.99. The second kappa shape index (κ2) is 8.14. The van der Waals surface area contributed by atoms with Crippen molar-refractivity contribution in [2.24, 2.45) is 0 Å². The third-order valence-electron chi connectivity index (χ3n) is 4.18. The fourth-order valence-corrected chi connectivity index (χ4v) is 3.12. The number of phenols is 1. The van der Waals surface area contributed by atoms with Gasteiger partial charge in [-0.3, -0.25) is 14.9 Å². The van der Waals surface area contributed by atoms with Gasteiger partial charge in [0.05, 0.1) is 17.3 Å². The molecule has 29 heavy (non-hydrogen) atoms. The number of urea groups is 1. The molecule has 0 atom stereocenters. The Balaban J connectivity index is 2.05. The number of hydrogen-bond acceptors (Lipinski definition) is 5. The fourth-order valence-electron chi connectivity index (χ4n) is 2.72. The summed E-state index contributed by atoms with van der Waals surface area (Å²) >= 11 is 12.1. The van der Waals surface area contributed by atoms with Gasteiger partial charge in [0.15, 0.2) is 11.5 Å². The Bertz CT molecular complexity index is 1070. The van der Waals surface area contributed by atoms with E-state index < -0.39 is 17.8 Å². The summed E-state index contributed by atoms with van der Waals surface area (Å²) in [4.78, 5) is 38.3. The van der Waals surface area contributed by atoms with Crippen molar-refractivity contribution >= 4 is 52.8 Å². The predicted molar refractivity (Wildman–Crippen MR) is 109 cm³/mol. The highest BCUT2D eigenvalue weighted by atomic mass is 35.5. The Morgan fingerprint density at radius 2 is 1.86 bits per heavy atom. The number of imide groups is 2. The molecule has 1 saturated heterocycles. The average molecular weight is 435 g/mol. The number of hydrogen-bond donors (Lipinski definition) is 2. The van der Waals surface area contributed by atoms with E-state index in [9.17, 15) is 19.5 Å². The van der Waals surface area contributed by atoms with Crippen LogP contribution in [0, 0.1) is 6.92 Å². The van der Waals surface area contributed by atoms with Gasteiger partial charge in [-0.1, -0.05) is 29.3 Å². The number of benzene rings is 2. The summed E-state index contributed by atoms with van der Waals surface area (Å²) in [5.74, 6) is -1.81. The van der Waals surface area contributed by atoms with Crippen molar-refractivity contribution in [3.05, 3.63) is 57.1 Å². The van der Waals surface area contributed by atoms with E-state index in [2.05, 4.69) is 5.32 Å². The first-order valence-corrected chi connectivity index (χ1v) is 9.31. The Morgan fingerprint density at radius 3 is 2.52 bits per heavy atom. The fraction of sp³-hybridized carbons (Fsp3) is 0.150. The van der Waals surface area contributed by atoms with Gasteiger partial charge < -0.3 is 9.84 Å². The molecule has 1 aliphatic rings. The molecular formula is C20H16Cl2N2O5. The molecule has 1 fully saturated rings. The van der Waals surface area contributed by atoms with Gasteiger partial charge in [-0.2, -0.15) is 0 Å². The standard InChI is InChI=1S/C20H16Cl2N2O5/c1-3-29-16-8-11(7-15(22)17(16)25)6-13-18(26)23-20(28)24(19(13)27)12-5-4-10(2)14(21)9-12/h4-9,25H,3H2,1-2H3,(H,23,26,28)/b13-6-. The van der Waals surface area contributed by atoms with Gasteiger partial charge in [-0.25, -0.2) is 9.69 Å². The van der Waals surface area contributed by atoms with Crippen LogP contribution in [-0.4, -0.2) is 29.6 Å². The quantitative estimate of drug-likeness (QED) is 0.558. The Hall–Kier alpha value is -3.03. The van der Waals surface area contributed by atoms with Crippen LogP contribution in [0.25, 0.3) is 6.08 Å². The first kappa shape index (κ1) is 20.7. The van der Waals surface area contributed by atoms with Crippen LogP contribution in [0.5, 0.6) is 11.5 Å². The van der Waals surface area contributed by atoms with E-state index >= 15 is 0 Å². The molecule has 150 valence electrons. The molecule has 0 aliphatic carbocycles. The van der Waals surface area contributed by atoms with E-state index in [0.29, 0.717) is 10.6 Å². The summed E-state index contributed by atoms with van der Waals surface area (Å²) in [6.07, 6.45) is 1.26. The molecule has 1 aliphatic heterocycles. The summed E-state index contributed by atoms with van der Waals surface area (Å²) in [7, 11) is 0. The smallest absolute Gasteiger partial charge is 0.335 e. The molecule has 2 aromatic rings. The lowest BCUT2D eigenvalue weighted by atomic mass is 10.1. The maximum absolute atomic E-state index is 12.9. The number of nitrogens with one attached hydrogen (secondary N) is 1. The van der Waals surface area contributed by atoms with Gasteiger partial charge in [-0.05, 0) is 55.3 Å². The summed E-state index contributed by atoms with van der Waals surface area (Å²) in [6.45, 7) is 3.79. The topological polar surface area (TPSA) is 95.9 Å². The third-order valence-corrected chi connectivity index (χ3v) is 4.87. The molecule has 9 heteroatoms. The van der Waals surface area contributed by atoms with Crippen molar-refractivity contribution in [3.8, 4) is 11.5 Å². The molecule has 0 radical (unpaired) electrons. The SMILES string of the molecule is CCOc1cc(/C=C2/C(=O)NC(=O)N(c3ccc(C)c(Cl)c3)C2=O)cc(Cl)c1O. The third kappa shape index (κ3) is 4.06. The largest absolute Gasteiger partial charge is 0.503 e. The lowest BCUT2D eigenvalue weighted by molar-refractivity contribution is -0.122. The molecular weight excluding hydrogens is 419 g/mol. The van der Waals surface area contributed by atoms with Crippen LogP contribution in [0.4, 0.5) is 10.5 Å². The number of ether oxygens (including phenoxy) is 1. The summed E-state index contributed by atoms with van der Waals surface area (Å²) < 4.78 is 5.30. The first-order chi connectivity index (χ1) is 13.7. The van der Waals surface area contributed by atoms with E-state index in [1.54, 1.807) is 26.0 Å². The number of barbiturate groups is 1. The summed E-state index contributed by atoms with van der Waals surface area (Å²) in [5.41, 5.74) is 1.05. The van der Waals surface area contributed by atoms with Gasteiger partial charge in [-0.15, -0.1) is 0 Å². The molecule has 0 unspecified atom stereocenters. The maximum atomic E-state index is 12.9. The van der Waals surface area contributed by atoms with Crippen molar-refractivity contribution in [2.45, 2.75) is 13.8 Å². The number of nitrogens with zero attached hydrogens (tertiary/aromatic N) is 1. The molecule has 0 saturated carbocycles. The van der Waals surface area contributed by atoms with Gasteiger partial charge in [0.2, 0.25) is 0 Å². The Labute approximate surface area is 176 Å². The highest BCUT2D eigenvalue weighted by molar-refractivity contribution is 6.39. The highest BCUT2D eigenvalue weighted by Gasteiger charge is 2.37. The minimum Gasteiger partial charge on any atom is -0.503 e. The second-order valence-electron chi connectivity index (χ2n) is 6.17. The van der Waals surface area contributed by atoms with E-state index in [4.69, 9.17) is 27.9 Å².